The number of hydrogen-bond acceptors (Lipinski definition) is 3. The third-order valence-electron chi connectivity index (χ3n) is 3.59. The van der Waals surface area contributed by atoms with E-state index in [0.717, 1.165) is 24.1 Å². The van der Waals surface area contributed by atoms with Crippen LogP contribution in [-0.2, 0) is 11.3 Å². The van der Waals surface area contributed by atoms with E-state index in [2.05, 4.69) is 10.4 Å². The van der Waals surface area contributed by atoms with Gasteiger partial charge in [0.25, 0.3) is 0 Å². The first-order chi connectivity index (χ1) is 10.1. The molecule has 0 saturated carbocycles. The molecule has 0 spiro atoms. The van der Waals surface area contributed by atoms with Gasteiger partial charge in [-0.15, -0.1) is 0 Å². The van der Waals surface area contributed by atoms with Crippen LogP contribution >= 0.6 is 0 Å². The highest BCUT2D eigenvalue weighted by atomic mass is 16.2. The molecule has 1 aromatic rings. The first-order valence-corrected chi connectivity index (χ1v) is 7.38. The van der Waals surface area contributed by atoms with Crippen LogP contribution in [0, 0.1) is 6.92 Å². The normalized spacial score (nSPS) is 14.7. The van der Waals surface area contributed by atoms with E-state index < -0.39 is 0 Å². The van der Waals surface area contributed by atoms with Crippen LogP contribution in [0.5, 0.6) is 0 Å². The largest absolute Gasteiger partial charge is 0.339 e. The van der Waals surface area contributed by atoms with Crippen molar-refractivity contribution in [3.05, 3.63) is 29.6 Å². The predicted molar refractivity (Wildman–Crippen MR) is 79.2 cm³/mol. The summed E-state index contributed by atoms with van der Waals surface area (Å²) in [6, 6.07) is 3.69. The van der Waals surface area contributed by atoms with Crippen LogP contribution in [0.2, 0.25) is 0 Å². The third kappa shape index (κ3) is 3.93. The Hall–Kier alpha value is -2.11. The van der Waals surface area contributed by atoms with Crippen molar-refractivity contribution in [3.63, 3.8) is 0 Å². The fourth-order valence-corrected chi connectivity index (χ4v) is 2.27. The Bertz CT molecular complexity index is 518. The number of rotatable bonds is 6. The number of amides is 3. The molecule has 2 rings (SSSR count). The van der Waals surface area contributed by atoms with Gasteiger partial charge >= 0.3 is 6.03 Å². The zero-order chi connectivity index (χ0) is 15.2. The summed E-state index contributed by atoms with van der Waals surface area (Å²) in [6.07, 6.45) is 4.01. The maximum Gasteiger partial charge on any atom is 0.339 e. The van der Waals surface area contributed by atoms with Gasteiger partial charge in [-0.3, -0.25) is 15.2 Å². The minimum absolute atomic E-state index is 0.0930. The Labute approximate surface area is 125 Å². The van der Waals surface area contributed by atoms with E-state index in [-0.39, 0.29) is 11.9 Å². The monoisotopic (exact) mass is 290 g/mol. The number of unbranched alkanes of at least 4 members (excludes halogenated alkanes) is 1. The molecular weight excluding hydrogens is 268 g/mol. The molecular formula is C15H22N4O2. The van der Waals surface area contributed by atoms with Crippen molar-refractivity contribution < 1.29 is 9.59 Å². The topological polar surface area (TPSA) is 65.5 Å². The Kier molecular flexibility index (Phi) is 5.14. The summed E-state index contributed by atoms with van der Waals surface area (Å²) in [4.78, 5) is 29.9. The van der Waals surface area contributed by atoms with Gasteiger partial charge in [0.2, 0.25) is 5.91 Å². The fraction of sp³-hybridized carbons (Fsp3) is 0.533. The van der Waals surface area contributed by atoms with Crippen LogP contribution in [0.3, 0.4) is 0 Å². The van der Waals surface area contributed by atoms with Gasteiger partial charge in [-0.05, 0) is 25.0 Å². The van der Waals surface area contributed by atoms with E-state index >= 15 is 0 Å². The quantitative estimate of drug-likeness (QED) is 0.869. The number of nitrogens with zero attached hydrogens (tertiary/aromatic N) is 3. The second-order valence-electron chi connectivity index (χ2n) is 5.24. The van der Waals surface area contributed by atoms with Gasteiger partial charge < -0.3 is 4.90 Å². The molecule has 0 radical (unpaired) electrons. The van der Waals surface area contributed by atoms with Crippen LogP contribution in [0.15, 0.2) is 18.3 Å². The molecule has 1 aliphatic heterocycles. The number of urea groups is 1. The molecule has 1 aliphatic rings. The smallest absolute Gasteiger partial charge is 0.317 e. The van der Waals surface area contributed by atoms with E-state index in [4.69, 9.17) is 0 Å². The van der Waals surface area contributed by atoms with Gasteiger partial charge in [0.15, 0.2) is 0 Å². The van der Waals surface area contributed by atoms with Gasteiger partial charge in [0.05, 0.1) is 6.54 Å². The predicted octanol–water partition coefficient (Wildman–Crippen LogP) is 1.85. The van der Waals surface area contributed by atoms with Gasteiger partial charge in [-0.2, -0.15) is 0 Å². The molecule has 0 unspecified atom stereocenters. The third-order valence-corrected chi connectivity index (χ3v) is 3.59. The number of hydrogen-bond donors (Lipinski definition) is 1. The van der Waals surface area contributed by atoms with Gasteiger partial charge in [-0.1, -0.05) is 19.4 Å². The second kappa shape index (κ2) is 7.06. The lowest BCUT2D eigenvalue weighted by Crippen LogP contribution is -2.44. The maximum absolute atomic E-state index is 12.2. The highest BCUT2D eigenvalue weighted by Crippen LogP contribution is 2.13. The SMILES string of the molecule is CCCCC(=O)NN1CCN(Cc2cccnc2C)C1=O. The van der Waals surface area contributed by atoms with Gasteiger partial charge in [0, 0.05) is 31.4 Å². The molecule has 0 atom stereocenters. The first kappa shape index (κ1) is 15.3. The van der Waals surface area contributed by atoms with Crippen LogP contribution in [0.25, 0.3) is 0 Å². The summed E-state index contributed by atoms with van der Waals surface area (Å²) < 4.78 is 0. The average molecular weight is 290 g/mol. The second-order valence-corrected chi connectivity index (χ2v) is 5.24. The van der Waals surface area contributed by atoms with E-state index in [0.29, 0.717) is 26.1 Å². The van der Waals surface area contributed by atoms with E-state index in [1.165, 1.54) is 5.01 Å². The van der Waals surface area contributed by atoms with Crippen molar-refractivity contribution in [2.45, 2.75) is 39.7 Å². The van der Waals surface area contributed by atoms with E-state index in [1.807, 2.05) is 26.0 Å². The Morgan fingerprint density at radius 1 is 1.43 bits per heavy atom. The molecule has 6 nitrogen and oxygen atoms in total. The molecule has 2 heterocycles. The number of hydrazine groups is 1. The van der Waals surface area contributed by atoms with Crippen LogP contribution in [0.1, 0.15) is 37.4 Å². The summed E-state index contributed by atoms with van der Waals surface area (Å²) >= 11 is 0. The lowest BCUT2D eigenvalue weighted by atomic mass is 10.2. The molecule has 0 aliphatic carbocycles. The Morgan fingerprint density at radius 3 is 2.95 bits per heavy atom. The van der Waals surface area contributed by atoms with Crippen molar-refractivity contribution in [2.75, 3.05) is 13.1 Å². The molecule has 1 N–H and O–H groups in total. The summed E-state index contributed by atoms with van der Waals surface area (Å²) in [6.45, 7) is 5.63. The van der Waals surface area contributed by atoms with Crippen molar-refractivity contribution in [1.82, 2.24) is 20.3 Å². The van der Waals surface area contributed by atoms with Gasteiger partial charge in [-0.25, -0.2) is 9.80 Å². The molecule has 1 saturated heterocycles. The minimum atomic E-state index is -0.150. The number of aryl methyl sites for hydroxylation is 1. The van der Waals surface area contributed by atoms with Crippen LogP contribution < -0.4 is 5.43 Å². The maximum atomic E-state index is 12.2. The number of nitrogens with one attached hydrogen (secondary N) is 1. The highest BCUT2D eigenvalue weighted by Gasteiger charge is 2.29. The first-order valence-electron chi connectivity index (χ1n) is 7.38. The van der Waals surface area contributed by atoms with Crippen molar-refractivity contribution in [2.24, 2.45) is 0 Å². The average Bonchev–Trinajstić information content (AvgIpc) is 2.80. The van der Waals surface area contributed by atoms with Crippen molar-refractivity contribution in [3.8, 4) is 0 Å². The zero-order valence-electron chi connectivity index (χ0n) is 12.6. The summed E-state index contributed by atoms with van der Waals surface area (Å²) in [5.74, 6) is -0.0930. The Balaban J connectivity index is 1.90. The number of carbonyl (C=O) groups excluding carboxylic acids is 2. The zero-order valence-corrected chi connectivity index (χ0v) is 12.6. The fourth-order valence-electron chi connectivity index (χ4n) is 2.27. The number of aromatic nitrogens is 1. The molecule has 1 aromatic heterocycles. The highest BCUT2D eigenvalue weighted by molar-refractivity contribution is 5.82. The van der Waals surface area contributed by atoms with Crippen molar-refractivity contribution >= 4 is 11.9 Å². The summed E-state index contributed by atoms with van der Waals surface area (Å²) in [5.41, 5.74) is 4.64. The molecule has 1 fully saturated rings. The molecule has 0 bridgehead atoms. The summed E-state index contributed by atoms with van der Waals surface area (Å²) in [7, 11) is 0. The minimum Gasteiger partial charge on any atom is -0.317 e. The lowest BCUT2D eigenvalue weighted by Gasteiger charge is -2.19. The van der Waals surface area contributed by atoms with E-state index in [1.54, 1.807) is 11.1 Å². The van der Waals surface area contributed by atoms with E-state index in [9.17, 15) is 9.59 Å². The molecule has 6 heteroatoms. The Morgan fingerprint density at radius 2 is 2.24 bits per heavy atom. The lowest BCUT2D eigenvalue weighted by molar-refractivity contribution is -0.124. The number of pyridine rings is 1. The standard InChI is InChI=1S/C15H22N4O2/c1-3-4-7-14(20)17-19-10-9-18(15(19)21)11-13-6-5-8-16-12(13)2/h5-6,8H,3-4,7,9-11H2,1-2H3,(H,17,20). The molecule has 0 aromatic carbocycles. The van der Waals surface area contributed by atoms with Crippen molar-refractivity contribution in [1.29, 1.82) is 0 Å². The molecule has 21 heavy (non-hydrogen) atoms. The molecule has 3 amide bonds. The summed E-state index contributed by atoms with van der Waals surface area (Å²) in [5, 5.41) is 1.41. The van der Waals surface area contributed by atoms with Crippen LogP contribution in [-0.4, -0.2) is 39.9 Å². The number of carbonyl (C=O) groups is 2. The van der Waals surface area contributed by atoms with Gasteiger partial charge in [0.1, 0.15) is 0 Å². The molecule has 114 valence electrons. The van der Waals surface area contributed by atoms with Crippen LogP contribution in [0.4, 0.5) is 4.79 Å².